The second-order valence-electron chi connectivity index (χ2n) is 25.0. The number of carbonyl (C=O) groups excluding carboxylic acids is 1. The zero-order valence-electron chi connectivity index (χ0n) is 55.0. The molecule has 1 amide bonds. The maximum Gasteiger partial charge on any atom is 0.220 e. The van der Waals surface area contributed by atoms with E-state index in [2.05, 4.69) is 79.9 Å². The lowest BCUT2D eigenvalue weighted by Crippen LogP contribution is -2.65. The molecule has 0 spiro atoms. The zero-order valence-corrected chi connectivity index (χ0v) is 55.0. The van der Waals surface area contributed by atoms with Crippen molar-refractivity contribution in [1.29, 1.82) is 0 Å². The molecule has 0 bridgehead atoms. The van der Waals surface area contributed by atoms with Gasteiger partial charge in [-0.15, -0.1) is 0 Å². The average Bonchev–Trinajstić information content (AvgIpc) is 2.36. The second-order valence-corrected chi connectivity index (χ2v) is 25.0. The predicted molar refractivity (Wildman–Crippen MR) is 355 cm³/mol. The summed E-state index contributed by atoms with van der Waals surface area (Å²) in [6.45, 7) is 2.77. The van der Waals surface area contributed by atoms with Crippen LogP contribution in [0.1, 0.15) is 290 Å². The minimum atomic E-state index is -1.79. The molecule has 0 aromatic heterocycles. The second kappa shape index (κ2) is 57.3. The molecule has 9 N–H and O–H groups in total. The predicted octanol–water partition coefficient (Wildman–Crippen LogP) is 14.6. The third-order valence-electron chi connectivity index (χ3n) is 17.1. The quantitative estimate of drug-likeness (QED) is 0.0204. The van der Waals surface area contributed by atoms with Gasteiger partial charge in [-0.2, -0.15) is 0 Å². The molecule has 12 unspecified atom stereocenters. The van der Waals surface area contributed by atoms with Crippen molar-refractivity contribution in [1.82, 2.24) is 5.32 Å². The van der Waals surface area contributed by atoms with E-state index in [4.69, 9.17) is 18.9 Å². The van der Waals surface area contributed by atoms with Crippen molar-refractivity contribution in [2.75, 3.05) is 19.8 Å². The molecule has 2 rings (SSSR count). The van der Waals surface area contributed by atoms with Crippen molar-refractivity contribution in [2.45, 2.75) is 364 Å². The number of rotatable bonds is 58. The van der Waals surface area contributed by atoms with Crippen LogP contribution < -0.4 is 5.32 Å². The number of aliphatic hydroxyl groups is 8. The van der Waals surface area contributed by atoms with Gasteiger partial charge in [0.1, 0.15) is 48.8 Å². The van der Waals surface area contributed by atoms with Crippen LogP contribution in [0, 0.1) is 0 Å². The van der Waals surface area contributed by atoms with Gasteiger partial charge in [0.2, 0.25) is 5.91 Å². The number of ether oxygens (including phenoxy) is 4. The first kappa shape index (κ1) is 80.5. The first-order valence-corrected chi connectivity index (χ1v) is 35.7. The van der Waals surface area contributed by atoms with Gasteiger partial charge in [0.05, 0.1) is 32.0 Å². The molecule has 0 saturated carbocycles. The van der Waals surface area contributed by atoms with Crippen LogP contribution in [0.5, 0.6) is 0 Å². The molecule has 14 heteroatoms. The van der Waals surface area contributed by atoms with Crippen LogP contribution in [0.25, 0.3) is 0 Å². The van der Waals surface area contributed by atoms with Crippen molar-refractivity contribution in [3.05, 3.63) is 72.9 Å². The average molecular weight is 1230 g/mol. The highest BCUT2D eigenvalue weighted by Gasteiger charge is 2.51. The molecule has 2 saturated heterocycles. The number of allylic oxidation sites excluding steroid dienone is 11. The van der Waals surface area contributed by atoms with E-state index >= 15 is 0 Å². The molecule has 2 aliphatic rings. The Morgan fingerprint density at radius 2 is 0.770 bits per heavy atom. The summed E-state index contributed by atoms with van der Waals surface area (Å²) in [5.41, 5.74) is 0. The Hall–Kier alpha value is -2.57. The van der Waals surface area contributed by atoms with E-state index < -0.39 is 86.8 Å². The van der Waals surface area contributed by atoms with Crippen molar-refractivity contribution in [3.63, 3.8) is 0 Å². The molecular weight excluding hydrogens is 1100 g/mol. The number of hydrogen-bond donors (Lipinski definition) is 9. The van der Waals surface area contributed by atoms with E-state index in [1.54, 1.807) is 6.08 Å². The number of hydrogen-bond acceptors (Lipinski definition) is 13. The fourth-order valence-corrected chi connectivity index (χ4v) is 11.4. The summed E-state index contributed by atoms with van der Waals surface area (Å²) >= 11 is 0. The molecule has 14 nitrogen and oxygen atoms in total. The van der Waals surface area contributed by atoms with Crippen molar-refractivity contribution >= 4 is 5.91 Å². The van der Waals surface area contributed by atoms with Crippen LogP contribution in [0.2, 0.25) is 0 Å². The highest BCUT2D eigenvalue weighted by Crippen LogP contribution is 2.30. The standard InChI is InChI=1S/C73H131NO13/c1-3-5-7-9-11-13-15-17-19-21-22-23-24-25-26-27-28-29-30-31-32-33-34-35-36-37-38-39-40-41-43-45-47-49-51-53-55-57-65(78)74-61(62(77)56-54-52-50-48-46-44-42-20-18-16-14-12-10-8-6-4-2)60-84-72-70(83)68(81)71(64(59-76)86-72)87-73-69(82)67(80)66(79)63(58-75)85-73/h15,17-18,20-22,24-25,46,48,54,56,61-64,66-73,75-77,79-83H,3-14,16,19,23,26-45,47,49-53,55,57-60H2,1-2H3,(H,74,78)/b17-15-,20-18+,22-21-,25-24-,48-46+,56-54+. The van der Waals surface area contributed by atoms with Gasteiger partial charge in [-0.25, -0.2) is 0 Å². The molecule has 2 fully saturated rings. The highest BCUT2D eigenvalue weighted by atomic mass is 16.7. The fraction of sp³-hybridized carbons (Fsp3) is 0.822. The SMILES string of the molecule is CCCCCCC/C=C\C/C=C\C/C=C\CCCCCCCCCCCCCCCCCCCCCCCCC(=O)NC(COC1OC(CO)C(OC2OC(CO)C(O)C(O)C2O)C(O)C1O)C(O)/C=C/CC/C=C/CC/C=C/CCCCCCCC. The molecule has 0 aromatic carbocycles. The van der Waals surface area contributed by atoms with Crippen LogP contribution in [0.15, 0.2) is 72.9 Å². The number of aliphatic hydroxyl groups excluding tert-OH is 8. The van der Waals surface area contributed by atoms with Crippen LogP contribution >= 0.6 is 0 Å². The van der Waals surface area contributed by atoms with E-state index in [0.29, 0.717) is 12.8 Å². The van der Waals surface area contributed by atoms with Gasteiger partial charge in [-0.3, -0.25) is 4.79 Å². The van der Waals surface area contributed by atoms with E-state index in [-0.39, 0.29) is 18.9 Å². The Bertz CT molecular complexity index is 1740. The minimum absolute atomic E-state index is 0.251. The van der Waals surface area contributed by atoms with Gasteiger partial charge in [0.15, 0.2) is 12.6 Å². The lowest BCUT2D eigenvalue weighted by molar-refractivity contribution is -0.359. The molecule has 0 aliphatic carbocycles. The summed E-state index contributed by atoms with van der Waals surface area (Å²) in [5, 5.41) is 87.3. The van der Waals surface area contributed by atoms with Gasteiger partial charge in [-0.05, 0) is 83.5 Å². The van der Waals surface area contributed by atoms with Crippen molar-refractivity contribution < 1.29 is 64.6 Å². The van der Waals surface area contributed by atoms with Gasteiger partial charge >= 0.3 is 0 Å². The number of unbranched alkanes of at least 4 members (excludes halogenated alkanes) is 35. The number of carbonyl (C=O) groups is 1. The molecule has 0 radical (unpaired) electrons. The van der Waals surface area contributed by atoms with Crippen molar-refractivity contribution in [3.8, 4) is 0 Å². The van der Waals surface area contributed by atoms with Crippen LogP contribution in [-0.4, -0.2) is 140 Å². The fourth-order valence-electron chi connectivity index (χ4n) is 11.4. The van der Waals surface area contributed by atoms with Crippen molar-refractivity contribution in [2.24, 2.45) is 0 Å². The number of amides is 1. The lowest BCUT2D eigenvalue weighted by atomic mass is 9.97. The van der Waals surface area contributed by atoms with E-state index in [9.17, 15) is 45.6 Å². The Labute approximate surface area is 529 Å². The number of nitrogens with one attached hydrogen (secondary N) is 1. The molecular formula is C73H131NO13. The lowest BCUT2D eigenvalue weighted by Gasteiger charge is -2.46. The minimum Gasteiger partial charge on any atom is -0.394 e. The maximum atomic E-state index is 13.3. The summed E-state index contributed by atoms with van der Waals surface area (Å²) in [4.78, 5) is 13.3. The zero-order chi connectivity index (χ0) is 63.1. The first-order valence-electron chi connectivity index (χ1n) is 35.7. The van der Waals surface area contributed by atoms with Gasteiger partial charge in [0.25, 0.3) is 0 Å². The van der Waals surface area contributed by atoms with E-state index in [0.717, 1.165) is 57.8 Å². The molecule has 12 atom stereocenters. The Morgan fingerprint density at radius 3 is 1.21 bits per heavy atom. The molecule has 506 valence electrons. The molecule has 87 heavy (non-hydrogen) atoms. The van der Waals surface area contributed by atoms with Gasteiger partial charge in [-0.1, -0.05) is 273 Å². The summed E-state index contributed by atoms with van der Waals surface area (Å²) in [6, 6.07) is -0.939. The highest BCUT2D eigenvalue weighted by molar-refractivity contribution is 5.76. The Kier molecular flexibility index (Phi) is 53.1. The topological polar surface area (TPSA) is 228 Å². The normalized spacial score (nSPS) is 23.7. The van der Waals surface area contributed by atoms with Crippen LogP contribution in [0.3, 0.4) is 0 Å². The van der Waals surface area contributed by atoms with Crippen LogP contribution in [-0.2, 0) is 23.7 Å². The summed E-state index contributed by atoms with van der Waals surface area (Å²) in [6.07, 6.45) is 61.2. The van der Waals surface area contributed by atoms with Crippen LogP contribution in [0.4, 0.5) is 0 Å². The molecule has 2 aliphatic heterocycles. The first-order chi connectivity index (χ1) is 42.6. The summed E-state index contributed by atoms with van der Waals surface area (Å²) < 4.78 is 22.8. The third-order valence-corrected chi connectivity index (χ3v) is 17.1. The third kappa shape index (κ3) is 41.5. The molecule has 0 aromatic rings. The molecule has 2 heterocycles. The largest absolute Gasteiger partial charge is 0.394 e. The monoisotopic (exact) mass is 1230 g/mol. The van der Waals surface area contributed by atoms with Gasteiger partial charge < -0.3 is 65.1 Å². The smallest absolute Gasteiger partial charge is 0.220 e. The van der Waals surface area contributed by atoms with E-state index in [1.165, 1.54) is 199 Å². The maximum absolute atomic E-state index is 13.3. The summed E-state index contributed by atoms with van der Waals surface area (Å²) in [5.74, 6) is -0.251. The van der Waals surface area contributed by atoms with Gasteiger partial charge in [0, 0.05) is 6.42 Å². The van der Waals surface area contributed by atoms with E-state index in [1.807, 2.05) is 6.08 Å². The Balaban J connectivity index is 1.60. The Morgan fingerprint density at radius 1 is 0.414 bits per heavy atom. The summed E-state index contributed by atoms with van der Waals surface area (Å²) in [7, 11) is 0.